The monoisotopic (exact) mass is 286 g/mol. The van der Waals surface area contributed by atoms with E-state index in [9.17, 15) is 4.79 Å². The van der Waals surface area contributed by atoms with Crippen molar-refractivity contribution in [1.29, 1.82) is 0 Å². The smallest absolute Gasteiger partial charge is 0.256 e. The average Bonchev–Trinajstić information content (AvgIpc) is 2.96. The fraction of sp³-hybridized carbons (Fsp3) is 0.375. The van der Waals surface area contributed by atoms with Gasteiger partial charge in [-0.1, -0.05) is 32.0 Å². The summed E-state index contributed by atoms with van der Waals surface area (Å²) in [7, 11) is 1.79. The van der Waals surface area contributed by atoms with Crippen molar-refractivity contribution in [3.63, 3.8) is 0 Å². The first-order valence-electron chi connectivity index (χ1n) is 6.98. The molecule has 2 aromatic rings. The summed E-state index contributed by atoms with van der Waals surface area (Å²) in [4.78, 5) is 14.1. The Bertz CT molecular complexity index is 604. The van der Waals surface area contributed by atoms with Gasteiger partial charge in [-0.25, -0.2) is 4.68 Å². The van der Waals surface area contributed by atoms with E-state index in [-0.39, 0.29) is 11.3 Å². The van der Waals surface area contributed by atoms with E-state index in [2.05, 4.69) is 5.10 Å². The Morgan fingerprint density at radius 3 is 2.62 bits per heavy atom. The molecule has 0 saturated carbocycles. The third-order valence-electron chi connectivity index (χ3n) is 3.41. The first-order chi connectivity index (χ1) is 9.93. The maximum absolute atomic E-state index is 12.4. The topological polar surface area (TPSA) is 64.2 Å². The van der Waals surface area contributed by atoms with Crippen molar-refractivity contribution >= 4 is 5.91 Å². The van der Waals surface area contributed by atoms with Crippen LogP contribution < -0.4 is 5.73 Å². The molecular formula is C16H22N4O. The summed E-state index contributed by atoms with van der Waals surface area (Å²) in [5.41, 5.74) is 7.13. The van der Waals surface area contributed by atoms with E-state index >= 15 is 0 Å². The van der Waals surface area contributed by atoms with Crippen LogP contribution in [0.1, 0.15) is 24.2 Å². The van der Waals surface area contributed by atoms with Crippen molar-refractivity contribution < 1.29 is 4.79 Å². The molecule has 0 radical (unpaired) electrons. The highest BCUT2D eigenvalue weighted by Gasteiger charge is 2.22. The molecule has 0 aliphatic carbocycles. The number of carbonyl (C=O) groups is 1. The first kappa shape index (κ1) is 15.3. The minimum absolute atomic E-state index is 0.0429. The summed E-state index contributed by atoms with van der Waals surface area (Å²) in [5.74, 6) is -0.0429. The second-order valence-corrected chi connectivity index (χ2v) is 6.04. The van der Waals surface area contributed by atoms with Gasteiger partial charge < -0.3 is 10.6 Å². The molecule has 0 aliphatic rings. The van der Waals surface area contributed by atoms with Crippen LogP contribution in [0, 0.1) is 5.41 Å². The van der Waals surface area contributed by atoms with E-state index in [4.69, 9.17) is 5.73 Å². The summed E-state index contributed by atoms with van der Waals surface area (Å²) in [6, 6.07) is 9.72. The van der Waals surface area contributed by atoms with Crippen LogP contribution >= 0.6 is 0 Å². The molecule has 0 saturated heterocycles. The highest BCUT2D eigenvalue weighted by Crippen LogP contribution is 2.16. The third kappa shape index (κ3) is 3.70. The van der Waals surface area contributed by atoms with Gasteiger partial charge in [0.15, 0.2) is 0 Å². The average molecular weight is 286 g/mol. The Morgan fingerprint density at radius 2 is 2.00 bits per heavy atom. The highest BCUT2D eigenvalue weighted by molar-refractivity contribution is 5.93. The predicted molar refractivity (Wildman–Crippen MR) is 83.4 cm³/mol. The van der Waals surface area contributed by atoms with Crippen LogP contribution in [-0.4, -0.2) is 40.7 Å². The zero-order valence-electron chi connectivity index (χ0n) is 12.8. The van der Waals surface area contributed by atoms with Crippen molar-refractivity contribution in [2.75, 3.05) is 20.1 Å². The Hall–Kier alpha value is -2.14. The van der Waals surface area contributed by atoms with Gasteiger partial charge in [0.2, 0.25) is 0 Å². The SMILES string of the molecule is CN(CC(C)(C)CN)C(=O)c1cnn(-c2ccccc2)c1. The number of carbonyl (C=O) groups excluding carboxylic acids is 1. The Labute approximate surface area is 125 Å². The third-order valence-corrected chi connectivity index (χ3v) is 3.41. The van der Waals surface area contributed by atoms with Gasteiger partial charge in [-0.2, -0.15) is 5.10 Å². The van der Waals surface area contributed by atoms with E-state index in [0.717, 1.165) is 5.69 Å². The van der Waals surface area contributed by atoms with Crippen LogP contribution in [-0.2, 0) is 0 Å². The van der Waals surface area contributed by atoms with Crippen LogP contribution in [0.15, 0.2) is 42.7 Å². The largest absolute Gasteiger partial charge is 0.341 e. The molecule has 5 nitrogen and oxygen atoms in total. The molecule has 2 rings (SSSR count). The number of benzene rings is 1. The quantitative estimate of drug-likeness (QED) is 0.913. The van der Waals surface area contributed by atoms with Crippen LogP contribution in [0.25, 0.3) is 5.69 Å². The normalized spacial score (nSPS) is 11.4. The molecule has 1 aromatic heterocycles. The number of rotatable bonds is 5. The van der Waals surface area contributed by atoms with E-state index in [0.29, 0.717) is 18.7 Å². The fourth-order valence-electron chi connectivity index (χ4n) is 2.15. The van der Waals surface area contributed by atoms with Crippen LogP contribution in [0.4, 0.5) is 0 Å². The maximum atomic E-state index is 12.4. The molecule has 0 bridgehead atoms. The number of amides is 1. The van der Waals surface area contributed by atoms with Gasteiger partial charge in [0.25, 0.3) is 5.91 Å². The van der Waals surface area contributed by atoms with Gasteiger partial charge >= 0.3 is 0 Å². The molecule has 1 amide bonds. The van der Waals surface area contributed by atoms with Gasteiger partial charge in [-0.3, -0.25) is 4.79 Å². The van der Waals surface area contributed by atoms with Crippen molar-refractivity contribution in [3.05, 3.63) is 48.3 Å². The zero-order valence-corrected chi connectivity index (χ0v) is 12.8. The van der Waals surface area contributed by atoms with Gasteiger partial charge in [0, 0.05) is 19.8 Å². The molecule has 0 unspecified atom stereocenters. The van der Waals surface area contributed by atoms with E-state index in [1.165, 1.54) is 0 Å². The molecule has 112 valence electrons. The van der Waals surface area contributed by atoms with Gasteiger partial charge in [-0.05, 0) is 24.1 Å². The molecule has 5 heteroatoms. The molecule has 0 atom stereocenters. The van der Waals surface area contributed by atoms with Gasteiger partial charge in [0.05, 0.1) is 17.4 Å². The van der Waals surface area contributed by atoms with Crippen molar-refractivity contribution in [2.24, 2.45) is 11.1 Å². The number of para-hydroxylation sites is 1. The fourth-order valence-corrected chi connectivity index (χ4v) is 2.15. The highest BCUT2D eigenvalue weighted by atomic mass is 16.2. The number of aromatic nitrogens is 2. The Kier molecular flexibility index (Phi) is 4.43. The lowest BCUT2D eigenvalue weighted by atomic mass is 9.93. The summed E-state index contributed by atoms with van der Waals surface area (Å²) < 4.78 is 1.70. The molecule has 0 aliphatic heterocycles. The molecule has 1 aromatic carbocycles. The second-order valence-electron chi connectivity index (χ2n) is 6.04. The Balaban J connectivity index is 2.12. The van der Waals surface area contributed by atoms with Crippen LogP contribution in [0.3, 0.4) is 0 Å². The summed E-state index contributed by atoms with van der Waals surface area (Å²) in [5, 5.41) is 4.25. The van der Waals surface area contributed by atoms with Crippen molar-refractivity contribution in [3.8, 4) is 5.69 Å². The minimum Gasteiger partial charge on any atom is -0.341 e. The molecule has 1 heterocycles. The summed E-state index contributed by atoms with van der Waals surface area (Å²) in [6.07, 6.45) is 3.35. The number of nitrogens with zero attached hydrogens (tertiary/aromatic N) is 3. The molecule has 2 N–H and O–H groups in total. The standard InChI is InChI=1S/C16H22N4O/c1-16(2,11-17)12-19(3)15(21)13-9-18-20(10-13)14-7-5-4-6-8-14/h4-10H,11-12,17H2,1-3H3. The van der Waals surface area contributed by atoms with Crippen molar-refractivity contribution in [1.82, 2.24) is 14.7 Å². The molecule has 0 fully saturated rings. The van der Waals surface area contributed by atoms with E-state index in [1.807, 2.05) is 44.2 Å². The molecular weight excluding hydrogens is 264 g/mol. The summed E-state index contributed by atoms with van der Waals surface area (Å²) in [6.45, 7) is 5.24. The Morgan fingerprint density at radius 1 is 1.33 bits per heavy atom. The molecule has 0 spiro atoms. The zero-order chi connectivity index (χ0) is 15.5. The van der Waals surface area contributed by atoms with Crippen molar-refractivity contribution in [2.45, 2.75) is 13.8 Å². The van der Waals surface area contributed by atoms with E-state index < -0.39 is 0 Å². The number of hydrogen-bond donors (Lipinski definition) is 1. The van der Waals surface area contributed by atoms with Gasteiger partial charge in [-0.15, -0.1) is 0 Å². The second kappa shape index (κ2) is 6.10. The lowest BCUT2D eigenvalue weighted by Crippen LogP contribution is -2.39. The number of nitrogens with two attached hydrogens (primary N) is 1. The maximum Gasteiger partial charge on any atom is 0.256 e. The van der Waals surface area contributed by atoms with Crippen LogP contribution in [0.2, 0.25) is 0 Å². The summed E-state index contributed by atoms with van der Waals surface area (Å²) >= 11 is 0. The minimum atomic E-state index is -0.0974. The predicted octanol–water partition coefficient (Wildman–Crippen LogP) is 1.93. The molecule has 21 heavy (non-hydrogen) atoms. The van der Waals surface area contributed by atoms with Crippen LogP contribution in [0.5, 0.6) is 0 Å². The van der Waals surface area contributed by atoms with Gasteiger partial charge in [0.1, 0.15) is 0 Å². The lowest BCUT2D eigenvalue weighted by molar-refractivity contribution is 0.0740. The van der Waals surface area contributed by atoms with E-state index in [1.54, 1.807) is 29.0 Å². The lowest BCUT2D eigenvalue weighted by Gasteiger charge is -2.28. The first-order valence-corrected chi connectivity index (χ1v) is 6.98. The number of hydrogen-bond acceptors (Lipinski definition) is 3.